The van der Waals surface area contributed by atoms with Gasteiger partial charge in [0.15, 0.2) is 5.82 Å². The van der Waals surface area contributed by atoms with Gasteiger partial charge in [0.1, 0.15) is 11.5 Å². The van der Waals surface area contributed by atoms with Crippen LogP contribution in [0.1, 0.15) is 0 Å². The smallest absolute Gasteiger partial charge is 0.180 e. The number of fused-ring (bicyclic) bond motifs is 1. The summed E-state index contributed by atoms with van der Waals surface area (Å²) in [5, 5.41) is 4.69. The van der Waals surface area contributed by atoms with Crippen molar-refractivity contribution >= 4 is 16.7 Å². The van der Waals surface area contributed by atoms with Gasteiger partial charge in [0.25, 0.3) is 0 Å². The monoisotopic (exact) mass is 392 g/mol. The van der Waals surface area contributed by atoms with Gasteiger partial charge in [-0.25, -0.2) is 9.97 Å². The fraction of sp³-hybridized carbons (Fsp3) is 0.0833. The first-order valence-corrected chi connectivity index (χ1v) is 9.85. The summed E-state index contributed by atoms with van der Waals surface area (Å²) in [6.07, 6.45) is 7.43. The standard InChI is InChI=1S/C24H20N6/c1-2-9-22-18(6-1)10-14-30(22)15-13-27-23-16-21(19-7-5-11-25-17-19)28-24(29-23)20-8-3-4-12-26-20/h1-12,14,16-17H,13,15H2,(H,27,28,29). The Morgan fingerprint density at radius 1 is 0.833 bits per heavy atom. The van der Waals surface area contributed by atoms with Gasteiger partial charge in [-0.2, -0.15) is 0 Å². The molecule has 0 radical (unpaired) electrons. The van der Waals surface area contributed by atoms with Gasteiger partial charge in [0.05, 0.1) is 5.69 Å². The molecule has 0 fully saturated rings. The van der Waals surface area contributed by atoms with Crippen molar-refractivity contribution in [3.8, 4) is 22.8 Å². The van der Waals surface area contributed by atoms with E-state index >= 15 is 0 Å². The van der Waals surface area contributed by atoms with E-state index in [2.05, 4.69) is 56.4 Å². The third-order valence-electron chi connectivity index (χ3n) is 4.92. The highest BCUT2D eigenvalue weighted by Crippen LogP contribution is 2.23. The molecule has 0 unspecified atom stereocenters. The normalized spacial score (nSPS) is 10.9. The van der Waals surface area contributed by atoms with E-state index in [1.165, 1.54) is 10.9 Å². The molecule has 5 rings (SSSR count). The van der Waals surface area contributed by atoms with E-state index in [0.29, 0.717) is 5.82 Å². The van der Waals surface area contributed by atoms with Crippen LogP contribution in [-0.4, -0.2) is 31.0 Å². The Labute approximate surface area is 174 Å². The first-order valence-electron chi connectivity index (χ1n) is 9.85. The molecule has 6 heteroatoms. The molecule has 1 N–H and O–H groups in total. The maximum Gasteiger partial charge on any atom is 0.180 e. The Morgan fingerprint density at radius 2 is 1.77 bits per heavy atom. The van der Waals surface area contributed by atoms with Crippen LogP contribution in [0.3, 0.4) is 0 Å². The lowest BCUT2D eigenvalue weighted by Gasteiger charge is -2.11. The molecule has 0 atom stereocenters. The van der Waals surface area contributed by atoms with E-state index in [1.807, 2.05) is 36.4 Å². The molecular formula is C24H20N6. The molecule has 0 amide bonds. The molecule has 0 aliphatic carbocycles. The average Bonchev–Trinajstić information content (AvgIpc) is 3.23. The number of nitrogens with one attached hydrogen (secondary N) is 1. The minimum atomic E-state index is 0.589. The van der Waals surface area contributed by atoms with Gasteiger partial charge in [-0.15, -0.1) is 0 Å². The van der Waals surface area contributed by atoms with Gasteiger partial charge in [0.2, 0.25) is 0 Å². The summed E-state index contributed by atoms with van der Waals surface area (Å²) in [6.45, 7) is 1.57. The van der Waals surface area contributed by atoms with Crippen molar-refractivity contribution in [1.29, 1.82) is 0 Å². The van der Waals surface area contributed by atoms with E-state index in [4.69, 9.17) is 9.97 Å². The topological polar surface area (TPSA) is 68.5 Å². The number of rotatable bonds is 6. The number of nitrogens with zero attached hydrogens (tertiary/aromatic N) is 5. The van der Waals surface area contributed by atoms with Gasteiger partial charge in [-0.05, 0) is 41.8 Å². The predicted octanol–water partition coefficient (Wildman–Crippen LogP) is 4.67. The highest BCUT2D eigenvalue weighted by molar-refractivity contribution is 5.79. The molecule has 4 aromatic heterocycles. The molecule has 0 spiro atoms. The highest BCUT2D eigenvalue weighted by Gasteiger charge is 2.10. The van der Waals surface area contributed by atoms with Gasteiger partial charge in [-0.3, -0.25) is 9.97 Å². The highest BCUT2D eigenvalue weighted by atomic mass is 15.1. The lowest BCUT2D eigenvalue weighted by molar-refractivity contribution is 0.755. The summed E-state index contributed by atoms with van der Waals surface area (Å²) >= 11 is 0. The first-order chi connectivity index (χ1) is 14.9. The number of anilines is 1. The second kappa shape index (κ2) is 8.13. The Kier molecular flexibility index (Phi) is 4.88. The van der Waals surface area contributed by atoms with Gasteiger partial charge < -0.3 is 9.88 Å². The molecule has 5 aromatic rings. The molecule has 4 heterocycles. The van der Waals surface area contributed by atoms with Crippen LogP contribution in [0.2, 0.25) is 0 Å². The third-order valence-corrected chi connectivity index (χ3v) is 4.92. The predicted molar refractivity (Wildman–Crippen MR) is 119 cm³/mol. The number of aromatic nitrogens is 5. The van der Waals surface area contributed by atoms with E-state index < -0.39 is 0 Å². The van der Waals surface area contributed by atoms with Crippen molar-refractivity contribution in [3.63, 3.8) is 0 Å². The SMILES string of the molecule is c1ccc(-c2nc(NCCn3ccc4ccccc43)cc(-c3cccnc3)n2)nc1. The van der Waals surface area contributed by atoms with Crippen molar-refractivity contribution in [2.75, 3.05) is 11.9 Å². The van der Waals surface area contributed by atoms with Crippen molar-refractivity contribution < 1.29 is 0 Å². The van der Waals surface area contributed by atoms with E-state index in [-0.39, 0.29) is 0 Å². The molecular weight excluding hydrogens is 372 g/mol. The molecule has 30 heavy (non-hydrogen) atoms. The quantitative estimate of drug-likeness (QED) is 0.455. The van der Waals surface area contributed by atoms with Crippen LogP contribution in [-0.2, 0) is 6.54 Å². The van der Waals surface area contributed by atoms with Gasteiger partial charge in [-0.1, -0.05) is 24.3 Å². The van der Waals surface area contributed by atoms with Crippen LogP contribution >= 0.6 is 0 Å². The minimum absolute atomic E-state index is 0.589. The lowest BCUT2D eigenvalue weighted by Crippen LogP contribution is -2.11. The largest absolute Gasteiger partial charge is 0.368 e. The number of para-hydroxylation sites is 1. The average molecular weight is 392 g/mol. The second-order valence-electron chi connectivity index (χ2n) is 6.91. The third kappa shape index (κ3) is 3.75. The second-order valence-corrected chi connectivity index (χ2v) is 6.91. The molecule has 0 saturated carbocycles. The summed E-state index contributed by atoms with van der Waals surface area (Å²) in [5.74, 6) is 1.35. The van der Waals surface area contributed by atoms with Gasteiger partial charge >= 0.3 is 0 Å². The zero-order chi connectivity index (χ0) is 20.2. The molecule has 6 nitrogen and oxygen atoms in total. The molecule has 0 bridgehead atoms. The van der Waals surface area contributed by atoms with E-state index in [9.17, 15) is 0 Å². The van der Waals surface area contributed by atoms with Crippen LogP contribution in [0.15, 0.2) is 91.5 Å². The summed E-state index contributed by atoms with van der Waals surface area (Å²) in [7, 11) is 0. The zero-order valence-electron chi connectivity index (χ0n) is 16.3. The summed E-state index contributed by atoms with van der Waals surface area (Å²) < 4.78 is 2.24. The van der Waals surface area contributed by atoms with Crippen LogP contribution in [0.4, 0.5) is 5.82 Å². The van der Waals surface area contributed by atoms with Gasteiger partial charge in [0, 0.05) is 55.0 Å². The van der Waals surface area contributed by atoms with Crippen LogP contribution in [0.25, 0.3) is 33.7 Å². The van der Waals surface area contributed by atoms with Crippen molar-refractivity contribution in [1.82, 2.24) is 24.5 Å². The van der Waals surface area contributed by atoms with Crippen molar-refractivity contribution in [3.05, 3.63) is 91.5 Å². The molecule has 0 aliphatic rings. The molecule has 0 saturated heterocycles. The minimum Gasteiger partial charge on any atom is -0.368 e. The van der Waals surface area contributed by atoms with Crippen LogP contribution < -0.4 is 5.32 Å². The molecule has 146 valence electrons. The van der Waals surface area contributed by atoms with Crippen molar-refractivity contribution in [2.24, 2.45) is 0 Å². The number of hydrogen-bond donors (Lipinski definition) is 1. The number of benzene rings is 1. The molecule has 0 aliphatic heterocycles. The van der Waals surface area contributed by atoms with Crippen LogP contribution in [0, 0.1) is 0 Å². The number of hydrogen-bond acceptors (Lipinski definition) is 5. The summed E-state index contributed by atoms with van der Waals surface area (Å²) in [5.41, 5.74) is 3.72. The summed E-state index contributed by atoms with van der Waals surface area (Å²) in [6, 6.07) is 22.1. The Hall–Kier alpha value is -4.06. The van der Waals surface area contributed by atoms with Crippen LogP contribution in [0.5, 0.6) is 0 Å². The zero-order valence-corrected chi connectivity index (χ0v) is 16.3. The van der Waals surface area contributed by atoms with E-state index in [0.717, 1.165) is 35.9 Å². The maximum atomic E-state index is 4.71. The fourth-order valence-corrected chi connectivity index (χ4v) is 3.45. The number of pyridine rings is 2. The molecule has 1 aromatic carbocycles. The van der Waals surface area contributed by atoms with E-state index in [1.54, 1.807) is 18.6 Å². The fourth-order valence-electron chi connectivity index (χ4n) is 3.45. The Balaban J connectivity index is 1.42. The Bertz CT molecular complexity index is 1210. The maximum absolute atomic E-state index is 4.71. The Morgan fingerprint density at radius 3 is 2.63 bits per heavy atom. The lowest BCUT2D eigenvalue weighted by atomic mass is 10.2. The van der Waals surface area contributed by atoms with Crippen molar-refractivity contribution in [2.45, 2.75) is 6.54 Å². The summed E-state index contributed by atoms with van der Waals surface area (Å²) in [4.78, 5) is 18.0. The first kappa shape index (κ1) is 18.0.